The second-order valence-electron chi connectivity index (χ2n) is 4.13. The molecule has 0 radical (unpaired) electrons. The molecule has 0 spiro atoms. The van der Waals surface area contributed by atoms with Gasteiger partial charge in [0.15, 0.2) is 0 Å². The van der Waals surface area contributed by atoms with Crippen LogP contribution in [0.2, 0.25) is 0 Å². The smallest absolute Gasteiger partial charge is 0.214 e. The number of sulfonamides is 1. The van der Waals surface area contributed by atoms with Gasteiger partial charge in [0.2, 0.25) is 10.0 Å². The summed E-state index contributed by atoms with van der Waals surface area (Å²) in [4.78, 5) is 0. The monoisotopic (exact) mass is 258 g/mol. The molecule has 1 aliphatic heterocycles. The highest BCUT2D eigenvalue weighted by Crippen LogP contribution is 2.18. The first-order chi connectivity index (χ1) is 8.03. The zero-order valence-electron chi connectivity index (χ0n) is 9.39. The van der Waals surface area contributed by atoms with Crippen molar-refractivity contribution in [2.45, 2.75) is 19.5 Å². The topological polar surface area (TPSA) is 63.4 Å². The highest BCUT2D eigenvalue weighted by atomic mass is 32.2. The van der Waals surface area contributed by atoms with E-state index >= 15 is 0 Å². The Hall–Kier alpha value is -0.980. The molecule has 0 bridgehead atoms. The summed E-state index contributed by atoms with van der Waals surface area (Å²) in [6.45, 7) is 0.958. The van der Waals surface area contributed by atoms with Crippen LogP contribution in [0.15, 0.2) is 18.2 Å². The number of hydrogen-bond acceptors (Lipinski definition) is 3. The summed E-state index contributed by atoms with van der Waals surface area (Å²) in [5.74, 6) is -0.140. The average molecular weight is 258 g/mol. The molecule has 0 aromatic heterocycles. The van der Waals surface area contributed by atoms with E-state index in [-0.39, 0.29) is 18.1 Å². The van der Waals surface area contributed by atoms with E-state index in [0.29, 0.717) is 25.1 Å². The van der Waals surface area contributed by atoms with Crippen LogP contribution in [0.4, 0.5) is 4.39 Å². The first-order valence-corrected chi connectivity index (χ1v) is 7.09. The highest BCUT2D eigenvalue weighted by Gasteiger charge is 2.28. The predicted molar refractivity (Wildman–Crippen MR) is 63.1 cm³/mol. The number of nitrogens with zero attached hydrogens (tertiary/aromatic N) is 1. The minimum atomic E-state index is -3.11. The standard InChI is InChI=1S/C11H15FN2O2S/c12-11-3-2-9(6-10(11)7-13)8-14-4-1-5-17(14,15)16/h2-3,6H,1,4-5,7-8,13H2. The number of benzene rings is 1. The zero-order valence-corrected chi connectivity index (χ0v) is 10.2. The lowest BCUT2D eigenvalue weighted by Gasteiger charge is -2.14. The lowest BCUT2D eigenvalue weighted by Crippen LogP contribution is -2.25. The van der Waals surface area contributed by atoms with Crippen LogP contribution >= 0.6 is 0 Å². The Balaban J connectivity index is 2.19. The molecule has 2 rings (SSSR count). The molecule has 1 saturated heterocycles. The molecule has 4 nitrogen and oxygen atoms in total. The molecule has 0 saturated carbocycles. The lowest BCUT2D eigenvalue weighted by atomic mass is 10.1. The molecular formula is C11H15FN2O2S. The van der Waals surface area contributed by atoms with Crippen LogP contribution in [0.25, 0.3) is 0 Å². The van der Waals surface area contributed by atoms with Gasteiger partial charge in [-0.2, -0.15) is 4.31 Å². The van der Waals surface area contributed by atoms with Crippen molar-refractivity contribution >= 4 is 10.0 Å². The van der Waals surface area contributed by atoms with Crippen molar-refractivity contribution in [3.8, 4) is 0 Å². The Bertz CT molecular complexity index is 516. The molecule has 1 aliphatic rings. The molecule has 1 aromatic rings. The minimum absolute atomic E-state index is 0.117. The zero-order chi connectivity index (χ0) is 12.5. The fourth-order valence-corrected chi connectivity index (χ4v) is 3.46. The van der Waals surface area contributed by atoms with E-state index in [1.165, 1.54) is 10.4 Å². The van der Waals surface area contributed by atoms with E-state index < -0.39 is 10.0 Å². The largest absolute Gasteiger partial charge is 0.326 e. The predicted octanol–water partition coefficient (Wildman–Crippen LogP) is 0.820. The van der Waals surface area contributed by atoms with Gasteiger partial charge in [-0.1, -0.05) is 12.1 Å². The number of rotatable bonds is 3. The van der Waals surface area contributed by atoms with Gasteiger partial charge in [-0.25, -0.2) is 12.8 Å². The molecule has 1 fully saturated rings. The molecule has 17 heavy (non-hydrogen) atoms. The van der Waals surface area contributed by atoms with Gasteiger partial charge >= 0.3 is 0 Å². The fourth-order valence-electron chi connectivity index (χ4n) is 1.96. The summed E-state index contributed by atoms with van der Waals surface area (Å²) in [5.41, 5.74) is 6.60. The van der Waals surface area contributed by atoms with Crippen molar-refractivity contribution in [2.75, 3.05) is 12.3 Å². The van der Waals surface area contributed by atoms with Crippen molar-refractivity contribution in [3.63, 3.8) is 0 Å². The first-order valence-electron chi connectivity index (χ1n) is 5.48. The van der Waals surface area contributed by atoms with Crippen LogP contribution in [0.5, 0.6) is 0 Å². The Morgan fingerprint density at radius 3 is 2.76 bits per heavy atom. The third-order valence-electron chi connectivity index (χ3n) is 2.89. The summed E-state index contributed by atoms with van der Waals surface area (Å²) in [7, 11) is -3.11. The van der Waals surface area contributed by atoms with Crippen molar-refractivity contribution in [1.29, 1.82) is 0 Å². The SMILES string of the molecule is NCc1cc(CN2CCCS2(=O)=O)ccc1F. The third-order valence-corrected chi connectivity index (χ3v) is 4.80. The molecule has 0 atom stereocenters. The van der Waals surface area contributed by atoms with Gasteiger partial charge in [-0.15, -0.1) is 0 Å². The molecule has 94 valence electrons. The van der Waals surface area contributed by atoms with Crippen LogP contribution in [0, 0.1) is 5.82 Å². The molecule has 2 N–H and O–H groups in total. The summed E-state index contributed by atoms with van der Waals surface area (Å²) in [5, 5.41) is 0. The summed E-state index contributed by atoms with van der Waals surface area (Å²) in [6.07, 6.45) is 0.660. The Kier molecular flexibility index (Phi) is 3.46. The van der Waals surface area contributed by atoms with Gasteiger partial charge in [-0.3, -0.25) is 0 Å². The molecule has 1 aromatic carbocycles. The van der Waals surface area contributed by atoms with Crippen molar-refractivity contribution in [2.24, 2.45) is 5.73 Å². The average Bonchev–Trinajstić information content (AvgIpc) is 2.61. The van der Waals surface area contributed by atoms with Gasteiger partial charge < -0.3 is 5.73 Å². The van der Waals surface area contributed by atoms with E-state index in [1.807, 2.05) is 0 Å². The van der Waals surface area contributed by atoms with Crippen LogP contribution in [0.1, 0.15) is 17.5 Å². The Labute approximate surface area is 100 Å². The molecule has 6 heteroatoms. The normalized spacial score (nSPS) is 19.6. The second-order valence-corrected chi connectivity index (χ2v) is 6.22. The summed E-state index contributed by atoms with van der Waals surface area (Å²) < 4.78 is 37.9. The maximum atomic E-state index is 13.2. The fraction of sp³-hybridized carbons (Fsp3) is 0.455. The Morgan fingerprint density at radius 2 is 2.18 bits per heavy atom. The van der Waals surface area contributed by atoms with Gasteiger partial charge in [0, 0.05) is 25.2 Å². The number of halogens is 1. The van der Waals surface area contributed by atoms with E-state index in [2.05, 4.69) is 0 Å². The van der Waals surface area contributed by atoms with Crippen molar-refractivity contribution in [1.82, 2.24) is 4.31 Å². The van der Waals surface area contributed by atoms with E-state index in [0.717, 1.165) is 5.56 Å². The minimum Gasteiger partial charge on any atom is -0.326 e. The van der Waals surface area contributed by atoms with Crippen LogP contribution in [-0.2, 0) is 23.1 Å². The second kappa shape index (κ2) is 4.72. The summed E-state index contributed by atoms with van der Waals surface area (Å²) >= 11 is 0. The quantitative estimate of drug-likeness (QED) is 0.873. The van der Waals surface area contributed by atoms with Gasteiger partial charge in [0.05, 0.1) is 5.75 Å². The van der Waals surface area contributed by atoms with Crippen molar-refractivity contribution in [3.05, 3.63) is 35.1 Å². The van der Waals surface area contributed by atoms with E-state index in [1.54, 1.807) is 12.1 Å². The molecular weight excluding hydrogens is 243 g/mol. The number of hydrogen-bond donors (Lipinski definition) is 1. The Morgan fingerprint density at radius 1 is 1.41 bits per heavy atom. The molecule has 1 heterocycles. The van der Waals surface area contributed by atoms with Crippen LogP contribution in [-0.4, -0.2) is 25.0 Å². The third kappa shape index (κ3) is 2.65. The maximum absolute atomic E-state index is 13.2. The maximum Gasteiger partial charge on any atom is 0.214 e. The van der Waals surface area contributed by atoms with Gasteiger partial charge in [0.1, 0.15) is 5.82 Å². The van der Waals surface area contributed by atoms with Crippen LogP contribution in [0.3, 0.4) is 0 Å². The van der Waals surface area contributed by atoms with E-state index in [9.17, 15) is 12.8 Å². The molecule has 0 unspecified atom stereocenters. The van der Waals surface area contributed by atoms with Crippen LogP contribution < -0.4 is 5.73 Å². The first kappa shape index (κ1) is 12.5. The lowest BCUT2D eigenvalue weighted by molar-refractivity contribution is 0.439. The van der Waals surface area contributed by atoms with Gasteiger partial charge in [-0.05, 0) is 18.1 Å². The molecule has 0 amide bonds. The molecule has 0 aliphatic carbocycles. The van der Waals surface area contributed by atoms with Crippen molar-refractivity contribution < 1.29 is 12.8 Å². The van der Waals surface area contributed by atoms with E-state index in [4.69, 9.17) is 5.73 Å². The number of nitrogens with two attached hydrogens (primary N) is 1. The van der Waals surface area contributed by atoms with Gasteiger partial charge in [0.25, 0.3) is 0 Å². The summed E-state index contributed by atoms with van der Waals surface area (Å²) in [6, 6.07) is 4.56. The highest BCUT2D eigenvalue weighted by molar-refractivity contribution is 7.89.